The van der Waals surface area contributed by atoms with Gasteiger partial charge in [0.2, 0.25) is 5.95 Å². The Bertz CT molecular complexity index is 1500. The number of ether oxygens (including phenoxy) is 1. The number of rotatable bonds is 10. The Morgan fingerprint density at radius 1 is 0.947 bits per heavy atom. The van der Waals surface area contributed by atoms with Crippen molar-refractivity contribution in [1.82, 2.24) is 29.0 Å². The molecule has 194 valence electrons. The zero-order chi connectivity index (χ0) is 25.7. The van der Waals surface area contributed by atoms with Gasteiger partial charge in [-0.1, -0.05) is 18.2 Å². The van der Waals surface area contributed by atoms with Gasteiger partial charge >= 0.3 is 0 Å². The van der Waals surface area contributed by atoms with E-state index in [4.69, 9.17) is 9.84 Å². The molecule has 2 aromatic carbocycles. The Morgan fingerprint density at radius 2 is 1.79 bits per heavy atom. The zero-order valence-electron chi connectivity index (χ0n) is 21.5. The van der Waals surface area contributed by atoms with E-state index in [0.29, 0.717) is 19.1 Å². The first-order chi connectivity index (χ1) is 18.7. The molecule has 0 aliphatic carbocycles. The highest BCUT2D eigenvalue weighted by molar-refractivity contribution is 5.68. The molecule has 1 aliphatic rings. The maximum Gasteiger partial charge on any atom is 0.247 e. The summed E-state index contributed by atoms with van der Waals surface area (Å²) in [5.41, 5.74) is 4.72. The molecule has 0 radical (unpaired) electrons. The summed E-state index contributed by atoms with van der Waals surface area (Å²) >= 11 is 0. The highest BCUT2D eigenvalue weighted by atomic mass is 16.5. The molecule has 9 heteroatoms. The third-order valence-electron chi connectivity index (χ3n) is 6.88. The fourth-order valence-corrected chi connectivity index (χ4v) is 4.78. The van der Waals surface area contributed by atoms with E-state index >= 15 is 0 Å². The third kappa shape index (κ3) is 5.47. The Morgan fingerprint density at radius 3 is 2.61 bits per heavy atom. The van der Waals surface area contributed by atoms with Crippen LogP contribution in [0.1, 0.15) is 18.7 Å². The van der Waals surface area contributed by atoms with Gasteiger partial charge in [-0.2, -0.15) is 4.98 Å². The van der Waals surface area contributed by atoms with Gasteiger partial charge in [0.1, 0.15) is 18.2 Å². The first-order valence-corrected chi connectivity index (χ1v) is 13.1. The third-order valence-corrected chi connectivity index (χ3v) is 6.88. The molecular weight excluding hydrogens is 476 g/mol. The van der Waals surface area contributed by atoms with Crippen molar-refractivity contribution in [3.05, 3.63) is 84.9 Å². The van der Waals surface area contributed by atoms with Crippen LogP contribution < -0.4 is 15.4 Å². The molecule has 4 heterocycles. The molecule has 1 saturated heterocycles. The van der Waals surface area contributed by atoms with Gasteiger partial charge in [0, 0.05) is 42.9 Å². The van der Waals surface area contributed by atoms with Crippen LogP contribution in [0.4, 0.5) is 17.3 Å². The van der Waals surface area contributed by atoms with Crippen molar-refractivity contribution < 1.29 is 4.74 Å². The van der Waals surface area contributed by atoms with Crippen LogP contribution in [0.15, 0.2) is 79.1 Å². The molecule has 9 nitrogen and oxygen atoms in total. The van der Waals surface area contributed by atoms with E-state index in [1.165, 1.54) is 25.9 Å². The number of pyridine rings is 1. The van der Waals surface area contributed by atoms with E-state index in [1.807, 2.05) is 71.0 Å². The Kier molecular flexibility index (Phi) is 6.91. The molecule has 0 spiro atoms. The number of aromatic nitrogens is 5. The first-order valence-electron chi connectivity index (χ1n) is 13.1. The fourth-order valence-electron chi connectivity index (χ4n) is 4.78. The molecule has 6 rings (SSSR count). The molecule has 0 unspecified atom stereocenters. The van der Waals surface area contributed by atoms with Gasteiger partial charge in [-0.05, 0) is 74.5 Å². The Balaban J connectivity index is 1.13. The average Bonchev–Trinajstić information content (AvgIpc) is 3.70. The summed E-state index contributed by atoms with van der Waals surface area (Å²) in [5.74, 6) is 2.40. The van der Waals surface area contributed by atoms with E-state index in [2.05, 4.69) is 49.8 Å². The van der Waals surface area contributed by atoms with E-state index in [-0.39, 0.29) is 0 Å². The Labute approximate surface area is 222 Å². The molecule has 5 aromatic rings. The molecule has 0 atom stereocenters. The zero-order valence-corrected chi connectivity index (χ0v) is 21.5. The van der Waals surface area contributed by atoms with Crippen molar-refractivity contribution in [2.45, 2.75) is 19.4 Å². The van der Waals surface area contributed by atoms with Crippen LogP contribution in [-0.2, 0) is 13.6 Å². The largest absolute Gasteiger partial charge is 0.492 e. The minimum Gasteiger partial charge on any atom is -0.492 e. The molecular formula is C29H32N8O. The highest BCUT2D eigenvalue weighted by Crippen LogP contribution is 2.25. The molecule has 1 aliphatic heterocycles. The molecule has 0 saturated carbocycles. The first kappa shape index (κ1) is 24.0. The van der Waals surface area contributed by atoms with Gasteiger partial charge in [0.05, 0.1) is 12.2 Å². The van der Waals surface area contributed by atoms with Gasteiger partial charge in [-0.3, -0.25) is 4.90 Å². The van der Waals surface area contributed by atoms with Crippen molar-refractivity contribution >= 4 is 23.0 Å². The van der Waals surface area contributed by atoms with Gasteiger partial charge in [0.15, 0.2) is 5.65 Å². The van der Waals surface area contributed by atoms with Gasteiger partial charge in [-0.25, -0.2) is 9.50 Å². The number of nitrogens with one attached hydrogen (secondary N) is 2. The standard InChI is InChI=1S/C29H32N8O/c1-35-17-14-30-28(35)21-31-24-7-4-6-22(20-24)26-8-5-9-27-33-29(34-37(26)27)32-23-10-12-25(13-11-23)38-19-18-36-15-2-3-16-36/h4-14,17,20,31H,2-3,15-16,18-19,21H2,1H3,(H,32,34). The predicted octanol–water partition coefficient (Wildman–Crippen LogP) is 4.96. The lowest BCUT2D eigenvalue weighted by Crippen LogP contribution is -2.25. The molecule has 3 aromatic heterocycles. The van der Waals surface area contributed by atoms with Crippen LogP contribution in [0.5, 0.6) is 5.75 Å². The molecule has 0 bridgehead atoms. The lowest BCUT2D eigenvalue weighted by molar-refractivity contribution is 0.238. The number of hydrogen-bond acceptors (Lipinski definition) is 7. The van der Waals surface area contributed by atoms with Crippen LogP contribution in [0, 0.1) is 0 Å². The maximum absolute atomic E-state index is 5.93. The minimum absolute atomic E-state index is 0.546. The summed E-state index contributed by atoms with van der Waals surface area (Å²) in [6, 6.07) is 22.3. The van der Waals surface area contributed by atoms with Crippen molar-refractivity contribution in [1.29, 1.82) is 0 Å². The number of imidazole rings is 1. The van der Waals surface area contributed by atoms with E-state index in [0.717, 1.165) is 46.4 Å². The number of anilines is 3. The number of aryl methyl sites for hydroxylation is 1. The molecule has 2 N–H and O–H groups in total. The van der Waals surface area contributed by atoms with Gasteiger partial charge in [0.25, 0.3) is 0 Å². The predicted molar refractivity (Wildman–Crippen MR) is 150 cm³/mol. The smallest absolute Gasteiger partial charge is 0.247 e. The summed E-state index contributed by atoms with van der Waals surface area (Å²) in [7, 11) is 2.00. The fraction of sp³-hybridized carbons (Fsp3) is 0.276. The van der Waals surface area contributed by atoms with Crippen LogP contribution in [0.3, 0.4) is 0 Å². The van der Waals surface area contributed by atoms with Crippen LogP contribution >= 0.6 is 0 Å². The topological polar surface area (TPSA) is 84.5 Å². The number of hydrogen-bond donors (Lipinski definition) is 2. The summed E-state index contributed by atoms with van der Waals surface area (Å²) in [6.07, 6.45) is 6.36. The van der Waals surface area contributed by atoms with Crippen LogP contribution in [-0.4, -0.2) is 55.3 Å². The molecule has 1 fully saturated rings. The summed E-state index contributed by atoms with van der Waals surface area (Å²) < 4.78 is 9.81. The monoisotopic (exact) mass is 508 g/mol. The second kappa shape index (κ2) is 10.9. The van der Waals surface area contributed by atoms with E-state index < -0.39 is 0 Å². The molecule has 38 heavy (non-hydrogen) atoms. The summed E-state index contributed by atoms with van der Waals surface area (Å²) in [4.78, 5) is 11.5. The Hall–Kier alpha value is -4.37. The minimum atomic E-state index is 0.546. The van der Waals surface area contributed by atoms with Crippen molar-refractivity contribution in [3.8, 4) is 17.0 Å². The van der Waals surface area contributed by atoms with Gasteiger partial charge in [-0.15, -0.1) is 5.10 Å². The molecule has 0 amide bonds. The second-order valence-electron chi connectivity index (χ2n) is 9.55. The number of nitrogens with zero attached hydrogens (tertiary/aromatic N) is 6. The van der Waals surface area contributed by atoms with Crippen molar-refractivity contribution in [2.75, 3.05) is 36.9 Å². The maximum atomic E-state index is 5.93. The van der Waals surface area contributed by atoms with Crippen LogP contribution in [0.2, 0.25) is 0 Å². The van der Waals surface area contributed by atoms with E-state index in [9.17, 15) is 0 Å². The normalized spacial score (nSPS) is 13.7. The highest BCUT2D eigenvalue weighted by Gasteiger charge is 2.12. The lowest BCUT2D eigenvalue weighted by Gasteiger charge is -2.15. The lowest BCUT2D eigenvalue weighted by atomic mass is 10.1. The van der Waals surface area contributed by atoms with Crippen LogP contribution in [0.25, 0.3) is 16.9 Å². The van der Waals surface area contributed by atoms with Crippen molar-refractivity contribution in [2.24, 2.45) is 7.05 Å². The number of likely N-dealkylation sites (tertiary alicyclic amines) is 1. The number of benzene rings is 2. The summed E-state index contributed by atoms with van der Waals surface area (Å²) in [5, 5.41) is 11.5. The quantitative estimate of drug-likeness (QED) is 0.276. The van der Waals surface area contributed by atoms with Crippen molar-refractivity contribution in [3.63, 3.8) is 0 Å². The SMILES string of the molecule is Cn1ccnc1CNc1cccc(-c2cccc3nc(Nc4ccc(OCCN5CCCC5)cc4)nn23)c1. The second-order valence-corrected chi connectivity index (χ2v) is 9.55. The van der Waals surface area contributed by atoms with E-state index in [1.54, 1.807) is 0 Å². The summed E-state index contributed by atoms with van der Waals surface area (Å²) in [6.45, 7) is 4.72. The average molecular weight is 509 g/mol. The van der Waals surface area contributed by atoms with Gasteiger partial charge < -0.3 is 19.9 Å². The number of fused-ring (bicyclic) bond motifs is 1.